The molecule has 2 aliphatic rings. The van der Waals surface area contributed by atoms with Crippen LogP contribution in [0.1, 0.15) is 63.5 Å². The first-order chi connectivity index (χ1) is 31.0. The quantitative estimate of drug-likeness (QED) is 0.0217. The molecule has 0 aliphatic carbocycles. The average Bonchev–Trinajstić information content (AvgIpc) is 3.98. The number of nitrogens with two attached hydrogens (primary N) is 2. The SMILES string of the molecule is C#CCOCCOCCOCCNc1nc(N2CCN(C(=O)C(C)n3cc(CCC[NH+]=C(N)N)nn3)CC2)nc(N2CCN(C(=O)C(C(C)CC)n3cc(CCC(=O)O)nn3)CC2)n1.[Cl-]. The van der Waals surface area contributed by atoms with Gasteiger partial charge >= 0.3 is 11.9 Å². The van der Waals surface area contributed by atoms with Gasteiger partial charge in [0.25, 0.3) is 0 Å². The van der Waals surface area contributed by atoms with Gasteiger partial charge in [0, 0.05) is 77.7 Å². The van der Waals surface area contributed by atoms with E-state index >= 15 is 0 Å². The first-order valence-electron chi connectivity index (χ1n) is 21.9. The van der Waals surface area contributed by atoms with Crippen molar-refractivity contribution in [2.24, 2.45) is 17.4 Å². The normalized spacial score (nSPS) is 15.4. The van der Waals surface area contributed by atoms with Crippen molar-refractivity contribution in [3.8, 4) is 12.3 Å². The van der Waals surface area contributed by atoms with Crippen molar-refractivity contribution in [2.45, 2.75) is 65.0 Å². The van der Waals surface area contributed by atoms with Crippen molar-refractivity contribution < 1.29 is 51.1 Å². The molecule has 7 N–H and O–H groups in total. The van der Waals surface area contributed by atoms with Gasteiger partial charge < -0.3 is 56.6 Å². The minimum Gasteiger partial charge on any atom is -1.00 e. The van der Waals surface area contributed by atoms with Crippen LogP contribution in [0.5, 0.6) is 0 Å². The number of carboxylic acids is 1. The van der Waals surface area contributed by atoms with Crippen LogP contribution in [0.25, 0.3) is 0 Å². The molecule has 0 bridgehead atoms. The second-order valence-electron chi connectivity index (χ2n) is 15.6. The standard InChI is InChI=1S/C40H63N17O7.ClH/c1-5-21-62-23-25-64-26-24-63-22-12-44-38-45-39(54-17-13-52(14-18-54)35(60)30(4)56-27-31(48-50-56)8-7-11-43-37(41)42)47-40(46-38)55-19-15-53(16-20-55)36(61)34(29(3)6-2)57-28-32(49-51-57)9-10-33(58)59;/h1,27-30,34H,6-26H2,2-4H3,(H,58,59)(H4,41,42,43)(H,44,45,46,47);1H. The number of rotatable bonds is 26. The summed E-state index contributed by atoms with van der Waals surface area (Å²) in [6, 6.07) is -1.12. The highest BCUT2D eigenvalue weighted by Crippen LogP contribution is 2.26. The van der Waals surface area contributed by atoms with Crippen LogP contribution < -0.4 is 44.0 Å². The minimum atomic E-state index is -0.921. The smallest absolute Gasteiger partial charge is 0.338 e. The second kappa shape index (κ2) is 26.8. The Balaban J connectivity index is 0.00000925. The summed E-state index contributed by atoms with van der Waals surface area (Å²) in [7, 11) is 0. The van der Waals surface area contributed by atoms with Crippen molar-refractivity contribution >= 4 is 41.6 Å². The Morgan fingerprint density at radius 3 is 1.95 bits per heavy atom. The van der Waals surface area contributed by atoms with Gasteiger partial charge in [0.1, 0.15) is 18.7 Å². The summed E-state index contributed by atoms with van der Waals surface area (Å²) in [6.07, 6.45) is 11.0. The van der Waals surface area contributed by atoms with Crippen molar-refractivity contribution in [3.05, 3.63) is 23.8 Å². The molecule has 3 atom stereocenters. The number of carbonyl (C=O) groups excluding carboxylic acids is 2. The Labute approximate surface area is 385 Å². The fourth-order valence-corrected chi connectivity index (χ4v) is 7.10. The van der Waals surface area contributed by atoms with Crippen LogP contribution in [0.3, 0.4) is 0 Å². The number of ether oxygens (including phenoxy) is 3. The summed E-state index contributed by atoms with van der Waals surface area (Å²) in [5, 5.41) is 29.2. The molecule has 25 heteroatoms. The number of hydrogen-bond acceptors (Lipinski definition) is 16. The molecule has 5 rings (SSSR count). The maximum Gasteiger partial charge on any atom is 0.338 e. The summed E-state index contributed by atoms with van der Waals surface area (Å²) in [4.78, 5) is 63.9. The summed E-state index contributed by atoms with van der Waals surface area (Å²) in [5.74, 6) is 2.80. The molecule has 2 fully saturated rings. The number of hydrogen-bond donors (Lipinski definition) is 5. The fraction of sp³-hybridized carbons (Fsp3) is 0.675. The van der Waals surface area contributed by atoms with Gasteiger partial charge in [-0.15, -0.1) is 16.6 Å². The van der Waals surface area contributed by atoms with E-state index in [-0.39, 0.29) is 55.5 Å². The third kappa shape index (κ3) is 15.9. The highest BCUT2D eigenvalue weighted by molar-refractivity contribution is 5.81. The molecule has 0 radical (unpaired) electrons. The number of halogens is 1. The first kappa shape index (κ1) is 51.7. The Bertz CT molecular complexity index is 2010. The molecule has 0 aromatic carbocycles. The molecule has 2 saturated heterocycles. The molecule has 358 valence electrons. The number of aliphatic carboxylic acids is 1. The van der Waals surface area contributed by atoms with Crippen LogP contribution in [0.15, 0.2) is 12.4 Å². The average molecular weight is 931 g/mol. The summed E-state index contributed by atoms with van der Waals surface area (Å²) >= 11 is 0. The first-order valence-corrected chi connectivity index (χ1v) is 21.9. The van der Waals surface area contributed by atoms with E-state index in [1.807, 2.05) is 40.4 Å². The van der Waals surface area contributed by atoms with Crippen LogP contribution in [0.2, 0.25) is 0 Å². The number of amides is 2. The van der Waals surface area contributed by atoms with Gasteiger partial charge in [-0.05, 0) is 25.7 Å². The number of anilines is 3. The molecule has 3 aromatic rings. The maximum atomic E-state index is 14.1. The number of nitrogens with zero attached hydrogens (tertiary/aromatic N) is 13. The molecule has 24 nitrogen and oxygen atoms in total. The van der Waals surface area contributed by atoms with E-state index in [1.54, 1.807) is 21.8 Å². The number of guanidine groups is 1. The largest absolute Gasteiger partial charge is 1.00 e. The number of piperazine rings is 2. The van der Waals surface area contributed by atoms with E-state index in [0.717, 1.165) is 18.5 Å². The lowest BCUT2D eigenvalue weighted by Crippen LogP contribution is -3.00. The van der Waals surface area contributed by atoms with Crippen LogP contribution in [-0.4, -0.2) is 189 Å². The third-order valence-electron chi connectivity index (χ3n) is 10.9. The number of carboxylic acid groups (broad SMARTS) is 1. The lowest BCUT2D eigenvalue weighted by atomic mass is 9.97. The monoisotopic (exact) mass is 929 g/mol. The lowest BCUT2D eigenvalue weighted by Gasteiger charge is -2.38. The summed E-state index contributed by atoms with van der Waals surface area (Å²) in [5.41, 5.74) is 12.2. The lowest BCUT2D eigenvalue weighted by molar-refractivity contribution is -0.459. The molecular weight excluding hydrogens is 866 g/mol. The van der Waals surface area contributed by atoms with Gasteiger partial charge in [-0.1, -0.05) is 36.6 Å². The van der Waals surface area contributed by atoms with E-state index in [2.05, 4.69) is 36.9 Å². The zero-order chi connectivity index (χ0) is 45.8. The van der Waals surface area contributed by atoms with Gasteiger partial charge in [0.15, 0.2) is 0 Å². The van der Waals surface area contributed by atoms with E-state index in [1.165, 1.54) is 0 Å². The van der Waals surface area contributed by atoms with Gasteiger partial charge in [-0.2, -0.15) is 15.0 Å². The summed E-state index contributed by atoms with van der Waals surface area (Å²) in [6.45, 7) is 12.8. The van der Waals surface area contributed by atoms with E-state index < -0.39 is 18.1 Å². The van der Waals surface area contributed by atoms with Gasteiger partial charge in [0.2, 0.25) is 29.7 Å². The molecule has 0 saturated carbocycles. The van der Waals surface area contributed by atoms with Gasteiger partial charge in [-0.3, -0.25) is 30.8 Å². The topological polar surface area (TPSA) is 290 Å². The predicted molar refractivity (Wildman–Crippen MR) is 234 cm³/mol. The molecule has 2 aliphatic heterocycles. The molecule has 0 spiro atoms. The highest BCUT2D eigenvalue weighted by Gasteiger charge is 2.34. The van der Waals surface area contributed by atoms with Crippen LogP contribution >= 0.6 is 0 Å². The zero-order valence-corrected chi connectivity index (χ0v) is 38.3. The second-order valence-corrected chi connectivity index (χ2v) is 15.6. The number of carbonyl (C=O) groups is 3. The molecule has 5 heterocycles. The van der Waals surface area contributed by atoms with Gasteiger partial charge in [-0.25, -0.2) is 9.36 Å². The highest BCUT2D eigenvalue weighted by atomic mass is 35.5. The van der Waals surface area contributed by atoms with Crippen LogP contribution in [0, 0.1) is 18.3 Å². The van der Waals surface area contributed by atoms with E-state index in [0.29, 0.717) is 128 Å². The van der Waals surface area contributed by atoms with Crippen LogP contribution in [-0.2, 0) is 41.4 Å². The third-order valence-corrected chi connectivity index (χ3v) is 10.9. The van der Waals surface area contributed by atoms with Crippen molar-refractivity contribution in [2.75, 3.05) is 120 Å². The number of nitrogens with one attached hydrogen (secondary N) is 2. The molecule has 65 heavy (non-hydrogen) atoms. The number of terminal acetylenes is 1. The van der Waals surface area contributed by atoms with Crippen molar-refractivity contribution in [1.82, 2.24) is 54.7 Å². The Hall–Kier alpha value is -5.90. The fourth-order valence-electron chi connectivity index (χ4n) is 7.10. The van der Waals surface area contributed by atoms with Crippen molar-refractivity contribution in [1.29, 1.82) is 0 Å². The predicted octanol–water partition coefficient (Wildman–Crippen LogP) is -5.70. The molecule has 3 aromatic heterocycles. The van der Waals surface area contributed by atoms with Crippen LogP contribution in [0.4, 0.5) is 17.8 Å². The Morgan fingerprint density at radius 1 is 0.815 bits per heavy atom. The number of aryl methyl sites for hydroxylation is 2. The minimum absolute atomic E-state index is 0. The maximum absolute atomic E-state index is 14.1. The van der Waals surface area contributed by atoms with Gasteiger partial charge in [0.05, 0.1) is 57.4 Å². The molecule has 2 amide bonds. The van der Waals surface area contributed by atoms with Crippen molar-refractivity contribution in [3.63, 3.8) is 0 Å². The number of aromatic nitrogens is 9. The Morgan fingerprint density at radius 2 is 1.37 bits per heavy atom. The zero-order valence-electron chi connectivity index (χ0n) is 37.6. The molecular formula is C40H64ClN17O7. The molecule has 3 unspecified atom stereocenters. The Kier molecular flexibility index (Phi) is 21.3. The van der Waals surface area contributed by atoms with E-state index in [9.17, 15) is 14.4 Å². The summed E-state index contributed by atoms with van der Waals surface area (Å²) < 4.78 is 19.6. The van der Waals surface area contributed by atoms with E-state index in [4.69, 9.17) is 52.2 Å².